The maximum atomic E-state index is 12.5. The van der Waals surface area contributed by atoms with Crippen LogP contribution in [0.5, 0.6) is 5.75 Å². The number of hydrogen-bond donors (Lipinski definition) is 0. The molecule has 1 aromatic rings. The van der Waals surface area contributed by atoms with E-state index in [0.29, 0.717) is 12.1 Å². The normalized spacial score (nSPS) is 11.8. The van der Waals surface area contributed by atoms with Gasteiger partial charge in [-0.1, -0.05) is 0 Å². The molecule has 18 heavy (non-hydrogen) atoms. The van der Waals surface area contributed by atoms with Crippen molar-refractivity contribution in [1.29, 1.82) is 0 Å². The Morgan fingerprint density at radius 1 is 1.33 bits per heavy atom. The van der Waals surface area contributed by atoms with E-state index >= 15 is 0 Å². The van der Waals surface area contributed by atoms with Crippen LogP contribution in [0.1, 0.15) is 22.8 Å². The van der Waals surface area contributed by atoms with Crippen molar-refractivity contribution in [3.05, 3.63) is 27.7 Å². The third kappa shape index (κ3) is 3.41. The minimum Gasteiger partial charge on any atom is -0.434 e. The van der Waals surface area contributed by atoms with Crippen molar-refractivity contribution in [3.63, 3.8) is 0 Å². The Hall–Kier alpha value is -1.18. The minimum absolute atomic E-state index is 0.250. The number of rotatable bonds is 3. The van der Waals surface area contributed by atoms with Crippen molar-refractivity contribution >= 4 is 21.7 Å². The highest BCUT2D eigenvalue weighted by atomic mass is 79.9. The Morgan fingerprint density at radius 3 is 2.28 bits per heavy atom. The topological polar surface area (TPSA) is 26.3 Å². The molecule has 1 rings (SSSR count). The fourth-order valence-corrected chi connectivity index (χ4v) is 2.00. The maximum absolute atomic E-state index is 12.5. The zero-order chi connectivity index (χ0) is 14.1. The molecular weight excluding hydrogens is 327 g/mol. The summed E-state index contributed by atoms with van der Waals surface area (Å²) in [5.74, 6) is -1.49. The number of halogens is 6. The lowest BCUT2D eigenvalue weighted by Crippen LogP contribution is -2.11. The van der Waals surface area contributed by atoms with Gasteiger partial charge >= 0.3 is 12.8 Å². The highest BCUT2D eigenvalue weighted by Gasteiger charge is 2.33. The van der Waals surface area contributed by atoms with E-state index < -0.39 is 29.9 Å². The Kier molecular flexibility index (Phi) is 4.31. The van der Waals surface area contributed by atoms with E-state index in [0.717, 1.165) is 6.92 Å². The number of carbonyl (C=O) groups is 1. The van der Waals surface area contributed by atoms with Crippen molar-refractivity contribution in [2.24, 2.45) is 0 Å². The van der Waals surface area contributed by atoms with Crippen molar-refractivity contribution in [2.75, 3.05) is 0 Å². The second kappa shape index (κ2) is 5.21. The van der Waals surface area contributed by atoms with Gasteiger partial charge in [0.1, 0.15) is 5.75 Å². The van der Waals surface area contributed by atoms with Crippen LogP contribution >= 0.6 is 15.9 Å². The molecule has 0 bridgehead atoms. The number of ether oxygens (including phenoxy) is 1. The lowest BCUT2D eigenvalue weighted by molar-refractivity contribution is -0.138. The summed E-state index contributed by atoms with van der Waals surface area (Å²) in [5.41, 5.74) is -1.54. The molecule has 0 atom stereocenters. The molecule has 1 aromatic carbocycles. The molecule has 0 aliphatic heterocycles. The second-order valence-electron chi connectivity index (χ2n) is 3.26. The molecule has 2 nitrogen and oxygen atoms in total. The predicted molar refractivity (Wildman–Crippen MR) is 55.8 cm³/mol. The molecule has 0 aliphatic rings. The van der Waals surface area contributed by atoms with E-state index in [9.17, 15) is 26.7 Å². The van der Waals surface area contributed by atoms with Crippen molar-refractivity contribution < 1.29 is 31.5 Å². The van der Waals surface area contributed by atoms with Crippen LogP contribution in [0.3, 0.4) is 0 Å². The number of benzene rings is 1. The first-order valence-electron chi connectivity index (χ1n) is 4.49. The van der Waals surface area contributed by atoms with Crippen LogP contribution in [0.2, 0.25) is 0 Å². The predicted octanol–water partition coefficient (Wildman–Crippen LogP) is 4.27. The third-order valence-electron chi connectivity index (χ3n) is 1.95. The van der Waals surface area contributed by atoms with Gasteiger partial charge in [-0.2, -0.15) is 22.0 Å². The van der Waals surface area contributed by atoms with Crippen LogP contribution in [0, 0.1) is 0 Å². The molecule has 0 aliphatic carbocycles. The summed E-state index contributed by atoms with van der Waals surface area (Å²) in [5, 5.41) is 0. The molecular formula is C10H6BrF5O2. The molecule has 0 unspecified atom stereocenters. The van der Waals surface area contributed by atoms with Crippen LogP contribution in [-0.4, -0.2) is 12.4 Å². The standard InChI is InChI=1S/C10H6BrF5O2/c1-4(17)8-6(11)2-5(10(14,15)16)3-7(8)18-9(12)13/h2-3,9H,1H3. The van der Waals surface area contributed by atoms with Crippen molar-refractivity contribution in [2.45, 2.75) is 19.7 Å². The molecule has 8 heteroatoms. The summed E-state index contributed by atoms with van der Waals surface area (Å²) in [4.78, 5) is 11.2. The number of Topliss-reactive ketones (excluding diaryl/α,β-unsaturated/α-hetero) is 1. The van der Waals surface area contributed by atoms with E-state index in [4.69, 9.17) is 0 Å². The van der Waals surface area contributed by atoms with Gasteiger partial charge < -0.3 is 4.74 Å². The quantitative estimate of drug-likeness (QED) is 0.610. The van der Waals surface area contributed by atoms with Crippen molar-refractivity contribution in [1.82, 2.24) is 0 Å². The monoisotopic (exact) mass is 332 g/mol. The first kappa shape index (κ1) is 14.9. The molecule has 0 saturated heterocycles. The number of hydrogen-bond acceptors (Lipinski definition) is 2. The molecule has 0 amide bonds. The minimum atomic E-state index is -4.72. The van der Waals surface area contributed by atoms with E-state index in [-0.39, 0.29) is 10.0 Å². The first-order chi connectivity index (χ1) is 8.12. The van der Waals surface area contributed by atoms with E-state index in [1.807, 2.05) is 0 Å². The summed E-state index contributed by atoms with van der Waals surface area (Å²) in [6.45, 7) is -2.29. The van der Waals surface area contributed by atoms with Crippen LogP contribution in [-0.2, 0) is 6.18 Å². The second-order valence-corrected chi connectivity index (χ2v) is 4.12. The smallest absolute Gasteiger partial charge is 0.416 e. The van der Waals surface area contributed by atoms with Crippen LogP contribution in [0.25, 0.3) is 0 Å². The summed E-state index contributed by atoms with van der Waals surface area (Å²) in [6.07, 6.45) is -4.72. The fourth-order valence-electron chi connectivity index (χ4n) is 1.28. The fraction of sp³-hybridized carbons (Fsp3) is 0.300. The van der Waals surface area contributed by atoms with E-state index in [2.05, 4.69) is 20.7 Å². The Labute approximate surface area is 107 Å². The molecule has 0 N–H and O–H groups in total. The summed E-state index contributed by atoms with van der Waals surface area (Å²) in [6, 6.07) is 1.00. The molecule has 100 valence electrons. The van der Waals surface area contributed by atoms with Gasteiger partial charge in [0.15, 0.2) is 5.78 Å². The molecule has 0 radical (unpaired) electrons. The van der Waals surface area contributed by atoms with Gasteiger partial charge in [-0.25, -0.2) is 0 Å². The molecule has 0 spiro atoms. The summed E-state index contributed by atoms with van der Waals surface area (Å²) in [7, 11) is 0. The zero-order valence-electron chi connectivity index (χ0n) is 8.82. The van der Waals surface area contributed by atoms with Crippen LogP contribution in [0.4, 0.5) is 22.0 Å². The molecule has 0 aromatic heterocycles. The van der Waals surface area contributed by atoms with Gasteiger partial charge in [0.25, 0.3) is 0 Å². The van der Waals surface area contributed by atoms with Gasteiger partial charge in [-0.3, -0.25) is 4.79 Å². The van der Waals surface area contributed by atoms with Crippen LogP contribution in [0.15, 0.2) is 16.6 Å². The van der Waals surface area contributed by atoms with Gasteiger partial charge in [0.2, 0.25) is 0 Å². The average molecular weight is 333 g/mol. The number of carbonyl (C=O) groups excluding carboxylic acids is 1. The Bertz CT molecular complexity index is 470. The van der Waals surface area contributed by atoms with Crippen molar-refractivity contribution in [3.8, 4) is 5.75 Å². The lowest BCUT2D eigenvalue weighted by Gasteiger charge is -2.14. The molecule has 0 saturated carbocycles. The Morgan fingerprint density at radius 2 is 1.89 bits per heavy atom. The highest BCUT2D eigenvalue weighted by Crippen LogP contribution is 2.37. The number of alkyl halides is 5. The van der Waals surface area contributed by atoms with Gasteiger partial charge in [-0.15, -0.1) is 0 Å². The van der Waals surface area contributed by atoms with Gasteiger partial charge in [0.05, 0.1) is 11.1 Å². The zero-order valence-corrected chi connectivity index (χ0v) is 10.4. The average Bonchev–Trinajstić information content (AvgIpc) is 2.13. The van der Waals surface area contributed by atoms with E-state index in [1.54, 1.807) is 0 Å². The highest BCUT2D eigenvalue weighted by molar-refractivity contribution is 9.10. The van der Waals surface area contributed by atoms with Crippen LogP contribution < -0.4 is 4.74 Å². The molecule has 0 heterocycles. The Balaban J connectivity index is 3.42. The first-order valence-corrected chi connectivity index (χ1v) is 5.28. The summed E-state index contributed by atoms with van der Waals surface area (Å²) >= 11 is 2.74. The van der Waals surface area contributed by atoms with Gasteiger partial charge in [-0.05, 0) is 35.0 Å². The largest absolute Gasteiger partial charge is 0.434 e. The van der Waals surface area contributed by atoms with Gasteiger partial charge in [0, 0.05) is 4.47 Å². The SMILES string of the molecule is CC(=O)c1c(Br)cc(C(F)(F)F)cc1OC(F)F. The summed E-state index contributed by atoms with van der Waals surface area (Å²) < 4.78 is 65.3. The molecule has 0 fully saturated rings. The maximum Gasteiger partial charge on any atom is 0.416 e. The lowest BCUT2D eigenvalue weighted by atomic mass is 10.1. The van der Waals surface area contributed by atoms with E-state index in [1.165, 1.54) is 0 Å². The number of ketones is 1. The third-order valence-corrected chi connectivity index (χ3v) is 2.57.